The van der Waals surface area contributed by atoms with Gasteiger partial charge in [-0.1, -0.05) is 36.7 Å². The van der Waals surface area contributed by atoms with Crippen LogP contribution >= 0.6 is 35.7 Å². The predicted octanol–water partition coefficient (Wildman–Crippen LogP) is 4.40. The number of thioether (sulfide) groups is 1. The van der Waals surface area contributed by atoms with Crippen molar-refractivity contribution >= 4 is 47.4 Å². The van der Waals surface area contributed by atoms with Crippen LogP contribution in [0.3, 0.4) is 0 Å². The molecule has 0 radical (unpaired) electrons. The van der Waals surface area contributed by atoms with Crippen molar-refractivity contribution in [1.29, 1.82) is 0 Å². The Morgan fingerprint density at radius 1 is 1.33 bits per heavy atom. The van der Waals surface area contributed by atoms with E-state index in [0.29, 0.717) is 18.5 Å². The van der Waals surface area contributed by atoms with Gasteiger partial charge in [-0.05, 0) is 50.1 Å². The molecule has 1 aromatic heterocycles. The molecule has 8 heteroatoms. The first-order valence-corrected chi connectivity index (χ1v) is 10.5. The molecule has 1 aliphatic carbocycles. The van der Waals surface area contributed by atoms with Crippen molar-refractivity contribution in [2.24, 2.45) is 10.7 Å². The van der Waals surface area contributed by atoms with Gasteiger partial charge in [-0.3, -0.25) is 4.99 Å². The van der Waals surface area contributed by atoms with Gasteiger partial charge in [0.15, 0.2) is 11.1 Å². The lowest BCUT2D eigenvalue weighted by Gasteiger charge is -2.16. The van der Waals surface area contributed by atoms with Gasteiger partial charge in [0.25, 0.3) is 0 Å². The second-order valence-corrected chi connectivity index (χ2v) is 7.55. The number of anilines is 1. The zero-order valence-corrected chi connectivity index (χ0v) is 19.2. The molecule has 1 aromatic carbocycles. The number of hydrogen-bond donors (Lipinski definition) is 2. The van der Waals surface area contributed by atoms with Gasteiger partial charge in [0.2, 0.25) is 0 Å². The Kier molecular flexibility index (Phi) is 8.88. The number of nitrogens with zero attached hydrogens (tertiary/aromatic N) is 4. The zero-order chi connectivity index (χ0) is 18.4. The fourth-order valence-electron chi connectivity index (χ4n) is 3.49. The van der Waals surface area contributed by atoms with Crippen LogP contribution in [0.15, 0.2) is 34.4 Å². The number of benzene rings is 1. The summed E-state index contributed by atoms with van der Waals surface area (Å²) in [6.07, 6.45) is 8.96. The number of guanidine groups is 1. The Morgan fingerprint density at radius 3 is 2.81 bits per heavy atom. The van der Waals surface area contributed by atoms with Gasteiger partial charge < -0.3 is 15.6 Å². The van der Waals surface area contributed by atoms with E-state index in [1.807, 2.05) is 12.1 Å². The minimum Gasteiger partial charge on any atom is -0.370 e. The van der Waals surface area contributed by atoms with Crippen molar-refractivity contribution in [1.82, 2.24) is 14.8 Å². The summed E-state index contributed by atoms with van der Waals surface area (Å²) in [4.78, 5) is 4.44. The van der Waals surface area contributed by atoms with E-state index >= 15 is 0 Å². The van der Waals surface area contributed by atoms with Gasteiger partial charge in [0.05, 0.1) is 0 Å². The summed E-state index contributed by atoms with van der Waals surface area (Å²) >= 11 is 1.68. The van der Waals surface area contributed by atoms with Crippen LogP contribution in [0.2, 0.25) is 0 Å². The van der Waals surface area contributed by atoms with Crippen molar-refractivity contribution in [3.63, 3.8) is 0 Å². The molecule has 0 spiro atoms. The van der Waals surface area contributed by atoms with Crippen molar-refractivity contribution in [3.8, 4) is 0 Å². The Labute approximate surface area is 182 Å². The molecule has 0 saturated heterocycles. The van der Waals surface area contributed by atoms with Crippen molar-refractivity contribution in [2.45, 2.75) is 56.6 Å². The molecule has 2 aromatic rings. The highest BCUT2D eigenvalue weighted by molar-refractivity contribution is 14.0. The van der Waals surface area contributed by atoms with E-state index in [0.717, 1.165) is 29.5 Å². The highest BCUT2D eigenvalue weighted by atomic mass is 127. The van der Waals surface area contributed by atoms with Crippen LogP contribution in [0.5, 0.6) is 0 Å². The first-order chi connectivity index (χ1) is 12.7. The Balaban J connectivity index is 0.00000261. The van der Waals surface area contributed by atoms with Gasteiger partial charge in [-0.15, -0.1) is 34.2 Å². The van der Waals surface area contributed by atoms with Crippen molar-refractivity contribution < 1.29 is 0 Å². The maximum Gasteiger partial charge on any atom is 0.193 e. The van der Waals surface area contributed by atoms with Crippen LogP contribution in [-0.2, 0) is 6.42 Å². The Morgan fingerprint density at radius 2 is 2.11 bits per heavy atom. The molecule has 3 rings (SSSR count). The van der Waals surface area contributed by atoms with Gasteiger partial charge in [-0.25, -0.2) is 0 Å². The topological polar surface area (TPSA) is 81.1 Å². The predicted molar refractivity (Wildman–Crippen MR) is 124 cm³/mol. The lowest BCUT2D eigenvalue weighted by Crippen LogP contribution is -2.23. The molecule has 0 aliphatic heterocycles. The molecule has 1 saturated carbocycles. The molecule has 148 valence electrons. The van der Waals surface area contributed by atoms with E-state index in [4.69, 9.17) is 5.73 Å². The molecule has 0 unspecified atom stereocenters. The molecule has 1 heterocycles. The van der Waals surface area contributed by atoms with Crippen LogP contribution in [0.4, 0.5) is 5.69 Å². The smallest absolute Gasteiger partial charge is 0.193 e. The van der Waals surface area contributed by atoms with Crippen LogP contribution < -0.4 is 11.1 Å². The average Bonchev–Trinajstić information content (AvgIpc) is 3.27. The second kappa shape index (κ2) is 10.9. The van der Waals surface area contributed by atoms with Crippen LogP contribution in [-0.4, -0.2) is 33.5 Å². The standard InChI is InChI=1S/C19H28N6S.HI/c1-14-7-5-8-15(13-14)22-18(20)21-12-6-11-17-23-24-19(26-2)25(17)16-9-3-4-10-16;/h5,7-8,13,16H,3-4,6,9-12H2,1-2H3,(H3,20,21,22);1H. The largest absolute Gasteiger partial charge is 0.370 e. The number of nitrogens with one attached hydrogen (secondary N) is 1. The number of rotatable bonds is 7. The monoisotopic (exact) mass is 500 g/mol. The van der Waals surface area contributed by atoms with Crippen LogP contribution in [0, 0.1) is 6.92 Å². The summed E-state index contributed by atoms with van der Waals surface area (Å²) in [5.41, 5.74) is 8.16. The molecule has 0 atom stereocenters. The molecule has 0 amide bonds. The van der Waals surface area contributed by atoms with Crippen molar-refractivity contribution in [2.75, 3.05) is 18.1 Å². The highest BCUT2D eigenvalue weighted by Crippen LogP contribution is 2.33. The third-order valence-electron chi connectivity index (χ3n) is 4.74. The third kappa shape index (κ3) is 6.10. The summed E-state index contributed by atoms with van der Waals surface area (Å²) in [5.74, 6) is 1.54. The first kappa shape index (κ1) is 22.0. The summed E-state index contributed by atoms with van der Waals surface area (Å²) < 4.78 is 2.36. The fraction of sp³-hybridized carbons (Fsp3) is 0.526. The summed E-state index contributed by atoms with van der Waals surface area (Å²) in [7, 11) is 0. The van der Waals surface area contributed by atoms with E-state index in [1.165, 1.54) is 31.2 Å². The highest BCUT2D eigenvalue weighted by Gasteiger charge is 2.23. The van der Waals surface area contributed by atoms with Gasteiger partial charge in [0.1, 0.15) is 5.82 Å². The van der Waals surface area contributed by atoms with Crippen LogP contribution in [0.1, 0.15) is 49.5 Å². The quantitative estimate of drug-likeness (QED) is 0.194. The van der Waals surface area contributed by atoms with E-state index in [-0.39, 0.29) is 24.0 Å². The lowest BCUT2D eigenvalue weighted by molar-refractivity contribution is 0.461. The molecule has 3 N–H and O–H groups in total. The maximum atomic E-state index is 5.99. The third-order valence-corrected chi connectivity index (χ3v) is 5.38. The van der Waals surface area contributed by atoms with E-state index in [1.54, 1.807) is 11.8 Å². The Bertz CT molecular complexity index is 754. The normalized spacial score (nSPS) is 15.0. The van der Waals surface area contributed by atoms with Gasteiger partial charge >= 0.3 is 0 Å². The molecular weight excluding hydrogens is 471 g/mol. The zero-order valence-electron chi connectivity index (χ0n) is 16.0. The lowest BCUT2D eigenvalue weighted by atomic mass is 10.2. The molecule has 27 heavy (non-hydrogen) atoms. The molecule has 1 aliphatic rings. The van der Waals surface area contributed by atoms with Crippen LogP contribution in [0.25, 0.3) is 0 Å². The average molecular weight is 500 g/mol. The molecule has 1 fully saturated rings. The van der Waals surface area contributed by atoms with Gasteiger partial charge in [-0.2, -0.15) is 0 Å². The molecule has 0 bridgehead atoms. The minimum absolute atomic E-state index is 0. The number of halogens is 1. The summed E-state index contributed by atoms with van der Waals surface area (Å²) in [5, 5.41) is 13.0. The van der Waals surface area contributed by atoms with Crippen molar-refractivity contribution in [3.05, 3.63) is 35.7 Å². The number of nitrogens with two attached hydrogens (primary N) is 1. The van der Waals surface area contributed by atoms with E-state index < -0.39 is 0 Å². The summed E-state index contributed by atoms with van der Waals surface area (Å²) in [6, 6.07) is 8.67. The number of aliphatic imine (C=N–C) groups is 1. The van der Waals surface area contributed by atoms with Gasteiger partial charge in [0, 0.05) is 24.7 Å². The minimum atomic E-state index is 0. The molecular formula is C19H29IN6S. The van der Waals surface area contributed by atoms with E-state index in [2.05, 4.69) is 50.4 Å². The molecule has 6 nitrogen and oxygen atoms in total. The SMILES string of the molecule is CSc1nnc(CCCN=C(N)Nc2cccc(C)c2)n1C1CCCC1.I. The number of aryl methyl sites for hydroxylation is 2. The second-order valence-electron chi connectivity index (χ2n) is 6.78. The summed E-state index contributed by atoms with van der Waals surface area (Å²) in [6.45, 7) is 2.73. The van der Waals surface area contributed by atoms with E-state index in [9.17, 15) is 0 Å². The fourth-order valence-corrected chi connectivity index (χ4v) is 4.07. The number of hydrogen-bond acceptors (Lipinski definition) is 4. The maximum absolute atomic E-state index is 5.99. The first-order valence-electron chi connectivity index (χ1n) is 9.28. The Hall–Kier alpha value is -1.29. The number of aromatic nitrogens is 3.